The van der Waals surface area contributed by atoms with Gasteiger partial charge in [0.2, 0.25) is 5.91 Å². The van der Waals surface area contributed by atoms with E-state index in [1.807, 2.05) is 34.6 Å². The van der Waals surface area contributed by atoms with E-state index in [-0.39, 0.29) is 34.8 Å². The number of likely N-dealkylation sites (tertiary alicyclic amines) is 1. The van der Waals surface area contributed by atoms with Crippen LogP contribution in [0.15, 0.2) is 11.6 Å². The van der Waals surface area contributed by atoms with Gasteiger partial charge in [-0.3, -0.25) is 4.79 Å². The Kier molecular flexibility index (Phi) is 11.3. The first-order chi connectivity index (χ1) is 17.6. The fourth-order valence-corrected chi connectivity index (χ4v) is 6.02. The molecule has 1 saturated carbocycles. The standard InChI is InChI=1S/C31H55N3O4/c1-22(2)14-15-23-16-21-34(24(23)27(36)38-9)26(35)25(30(6,7)8)32-28(37)33-31(18-11-10-12-19-31)20-13-17-29(3,4)5/h14,23-25H,10-13,15-21H2,1-9H3,(H2,32,33,37). The zero-order valence-corrected chi connectivity index (χ0v) is 25.7. The van der Waals surface area contributed by atoms with E-state index in [1.54, 1.807) is 4.90 Å². The molecular weight excluding hydrogens is 478 g/mol. The first kappa shape index (κ1) is 32.2. The first-order valence-corrected chi connectivity index (χ1v) is 14.7. The Morgan fingerprint density at radius 2 is 1.68 bits per heavy atom. The number of hydrogen-bond acceptors (Lipinski definition) is 4. The van der Waals surface area contributed by atoms with Crippen LogP contribution in [0.4, 0.5) is 4.79 Å². The highest BCUT2D eigenvalue weighted by molar-refractivity contribution is 5.91. The number of carbonyl (C=O) groups excluding carboxylic acids is 3. The molecule has 7 heteroatoms. The van der Waals surface area contributed by atoms with E-state index in [0.29, 0.717) is 6.54 Å². The fraction of sp³-hybridized carbons (Fsp3) is 0.839. The second kappa shape index (κ2) is 13.3. The van der Waals surface area contributed by atoms with Gasteiger partial charge in [-0.2, -0.15) is 0 Å². The van der Waals surface area contributed by atoms with Gasteiger partial charge in [-0.15, -0.1) is 0 Å². The van der Waals surface area contributed by atoms with Crippen LogP contribution in [0.2, 0.25) is 0 Å². The molecule has 0 bridgehead atoms. The smallest absolute Gasteiger partial charge is 0.328 e. The van der Waals surface area contributed by atoms with Crippen LogP contribution in [0.5, 0.6) is 0 Å². The van der Waals surface area contributed by atoms with Crippen molar-refractivity contribution in [3.63, 3.8) is 0 Å². The number of hydrogen-bond donors (Lipinski definition) is 2. The molecule has 7 nitrogen and oxygen atoms in total. The van der Waals surface area contributed by atoms with E-state index in [4.69, 9.17) is 4.74 Å². The highest BCUT2D eigenvalue weighted by atomic mass is 16.5. The lowest BCUT2D eigenvalue weighted by atomic mass is 9.76. The fourth-order valence-electron chi connectivity index (χ4n) is 6.02. The zero-order chi connectivity index (χ0) is 28.7. The van der Waals surface area contributed by atoms with Crippen molar-refractivity contribution in [2.24, 2.45) is 16.7 Å². The molecule has 2 rings (SSSR count). The van der Waals surface area contributed by atoms with Crippen molar-refractivity contribution in [1.29, 1.82) is 0 Å². The molecule has 3 amide bonds. The largest absolute Gasteiger partial charge is 0.467 e. The number of ether oxygens (including phenoxy) is 1. The summed E-state index contributed by atoms with van der Waals surface area (Å²) in [6.07, 6.45) is 12.1. The van der Waals surface area contributed by atoms with Crippen LogP contribution in [-0.2, 0) is 14.3 Å². The zero-order valence-electron chi connectivity index (χ0n) is 25.7. The van der Waals surface area contributed by atoms with Crippen LogP contribution in [0.25, 0.3) is 0 Å². The van der Waals surface area contributed by atoms with Gasteiger partial charge in [0.15, 0.2) is 0 Å². The number of amides is 3. The van der Waals surface area contributed by atoms with Crippen molar-refractivity contribution in [3.05, 3.63) is 11.6 Å². The molecule has 1 aliphatic heterocycles. The van der Waals surface area contributed by atoms with Crippen LogP contribution in [0, 0.1) is 16.7 Å². The number of nitrogens with zero attached hydrogens (tertiary/aromatic N) is 1. The Hall–Kier alpha value is -2.05. The summed E-state index contributed by atoms with van der Waals surface area (Å²) in [6.45, 7) is 17.2. The van der Waals surface area contributed by atoms with E-state index < -0.39 is 17.5 Å². The Labute approximate surface area is 231 Å². The molecule has 2 fully saturated rings. The molecule has 0 aromatic carbocycles. The van der Waals surface area contributed by atoms with Gasteiger partial charge in [0.05, 0.1) is 7.11 Å². The summed E-state index contributed by atoms with van der Waals surface area (Å²) in [7, 11) is 1.37. The molecule has 3 unspecified atom stereocenters. The van der Waals surface area contributed by atoms with Crippen molar-refractivity contribution in [3.8, 4) is 0 Å². The molecular formula is C31H55N3O4. The molecule has 1 aliphatic carbocycles. The quantitative estimate of drug-likeness (QED) is 0.266. The average molecular weight is 534 g/mol. The van der Waals surface area contributed by atoms with Gasteiger partial charge in [-0.25, -0.2) is 9.59 Å². The number of carbonyl (C=O) groups is 3. The first-order valence-electron chi connectivity index (χ1n) is 14.7. The van der Waals surface area contributed by atoms with Gasteiger partial charge in [0, 0.05) is 12.1 Å². The molecule has 2 N–H and O–H groups in total. The van der Waals surface area contributed by atoms with Gasteiger partial charge < -0.3 is 20.3 Å². The van der Waals surface area contributed by atoms with Crippen LogP contribution in [0.1, 0.15) is 120 Å². The van der Waals surface area contributed by atoms with E-state index in [1.165, 1.54) is 19.1 Å². The molecule has 2 aliphatic rings. The molecule has 0 radical (unpaired) electrons. The van der Waals surface area contributed by atoms with Gasteiger partial charge in [-0.1, -0.05) is 78.9 Å². The van der Waals surface area contributed by atoms with E-state index in [2.05, 4.69) is 37.5 Å². The third-order valence-corrected chi connectivity index (χ3v) is 8.24. The van der Waals surface area contributed by atoms with Gasteiger partial charge in [0.1, 0.15) is 12.1 Å². The summed E-state index contributed by atoms with van der Waals surface area (Å²) in [5.41, 5.74) is 0.691. The number of methoxy groups -OCH3 is 1. The maximum Gasteiger partial charge on any atom is 0.328 e. The van der Waals surface area contributed by atoms with E-state index in [9.17, 15) is 14.4 Å². The Balaban J connectivity index is 2.20. The second-order valence-corrected chi connectivity index (χ2v) is 14.2. The number of allylic oxidation sites excluding steroid dienone is 2. The van der Waals surface area contributed by atoms with Crippen LogP contribution in [0.3, 0.4) is 0 Å². The van der Waals surface area contributed by atoms with Crippen molar-refractivity contribution < 1.29 is 19.1 Å². The predicted octanol–water partition coefficient (Wildman–Crippen LogP) is 6.37. The highest BCUT2D eigenvalue weighted by Crippen LogP contribution is 2.35. The SMILES string of the molecule is COC(=O)C1C(CC=C(C)C)CCN1C(=O)C(NC(=O)NC1(CCCC(C)(C)C)CCCCC1)C(C)(C)C. The van der Waals surface area contributed by atoms with E-state index in [0.717, 1.165) is 57.8 Å². The monoisotopic (exact) mass is 533 g/mol. The summed E-state index contributed by atoms with van der Waals surface area (Å²) >= 11 is 0. The predicted molar refractivity (Wildman–Crippen MR) is 154 cm³/mol. The molecule has 0 aromatic heterocycles. The molecule has 3 atom stereocenters. The lowest BCUT2D eigenvalue weighted by Gasteiger charge is -2.40. The maximum atomic E-state index is 14.0. The van der Waals surface area contributed by atoms with Crippen LogP contribution < -0.4 is 10.6 Å². The van der Waals surface area contributed by atoms with Gasteiger partial charge in [0.25, 0.3) is 0 Å². The molecule has 0 aromatic rings. The van der Waals surface area contributed by atoms with Crippen molar-refractivity contribution in [2.45, 2.75) is 137 Å². The molecule has 0 spiro atoms. The summed E-state index contributed by atoms with van der Waals surface area (Å²) in [6, 6.07) is -1.68. The summed E-state index contributed by atoms with van der Waals surface area (Å²) in [5.74, 6) is -0.600. The minimum absolute atomic E-state index is 0.00377. The Morgan fingerprint density at radius 3 is 2.21 bits per heavy atom. The third-order valence-electron chi connectivity index (χ3n) is 8.24. The Morgan fingerprint density at radius 1 is 1.05 bits per heavy atom. The minimum atomic E-state index is -0.757. The van der Waals surface area contributed by atoms with Crippen molar-refractivity contribution >= 4 is 17.9 Å². The van der Waals surface area contributed by atoms with E-state index >= 15 is 0 Å². The maximum absolute atomic E-state index is 14.0. The summed E-state index contributed by atoms with van der Waals surface area (Å²) in [4.78, 5) is 41.9. The number of esters is 1. The normalized spacial score (nSPS) is 22.4. The summed E-state index contributed by atoms with van der Waals surface area (Å²) in [5, 5.41) is 6.38. The lowest BCUT2D eigenvalue weighted by molar-refractivity contribution is -0.153. The van der Waals surface area contributed by atoms with Crippen LogP contribution >= 0.6 is 0 Å². The van der Waals surface area contributed by atoms with Crippen molar-refractivity contribution in [2.75, 3.05) is 13.7 Å². The molecule has 1 heterocycles. The number of urea groups is 1. The molecule has 218 valence electrons. The second-order valence-electron chi connectivity index (χ2n) is 14.2. The molecule has 1 saturated heterocycles. The summed E-state index contributed by atoms with van der Waals surface area (Å²) < 4.78 is 5.12. The number of rotatable bonds is 9. The third kappa shape index (κ3) is 9.30. The van der Waals surface area contributed by atoms with Gasteiger partial charge in [-0.05, 0) is 69.1 Å². The molecule has 38 heavy (non-hydrogen) atoms. The van der Waals surface area contributed by atoms with Crippen molar-refractivity contribution in [1.82, 2.24) is 15.5 Å². The number of nitrogens with one attached hydrogen (secondary N) is 2. The highest BCUT2D eigenvalue weighted by Gasteiger charge is 2.46. The minimum Gasteiger partial charge on any atom is -0.467 e. The van der Waals surface area contributed by atoms with Crippen LogP contribution in [-0.4, -0.2) is 54.1 Å². The topological polar surface area (TPSA) is 87.7 Å². The Bertz CT molecular complexity index is 842. The average Bonchev–Trinajstić information content (AvgIpc) is 3.23. The lowest BCUT2D eigenvalue weighted by Crippen LogP contribution is -2.61. The van der Waals surface area contributed by atoms with Gasteiger partial charge >= 0.3 is 12.0 Å².